The molecule has 0 bridgehead atoms. The van der Waals surface area contributed by atoms with Gasteiger partial charge in [-0.15, -0.1) is 0 Å². The van der Waals surface area contributed by atoms with E-state index in [9.17, 15) is 9.90 Å². The van der Waals surface area contributed by atoms with Crippen molar-refractivity contribution in [2.75, 3.05) is 0 Å². The Morgan fingerprint density at radius 1 is 1.38 bits per heavy atom. The molecule has 1 unspecified atom stereocenters. The molecule has 0 saturated heterocycles. The second kappa shape index (κ2) is 7.09. The number of nitrogens with two attached hydrogens (primary N) is 1. The molecule has 0 spiro atoms. The topological polar surface area (TPSA) is 75.3 Å². The van der Waals surface area contributed by atoms with Crippen LogP contribution in [0.5, 0.6) is 5.75 Å². The molecule has 0 heterocycles. The van der Waals surface area contributed by atoms with Gasteiger partial charge in [0, 0.05) is 5.56 Å². The van der Waals surface area contributed by atoms with E-state index >= 15 is 0 Å². The SMILES string of the molecule is NC(=S)C(NC(=O)c1ccc(O)c(Cl)c1)C1CCCCC1. The Bertz CT molecular complexity index is 544. The van der Waals surface area contributed by atoms with Gasteiger partial charge >= 0.3 is 0 Å². The number of amides is 1. The van der Waals surface area contributed by atoms with Gasteiger partial charge in [0.1, 0.15) is 5.75 Å². The van der Waals surface area contributed by atoms with E-state index in [0.29, 0.717) is 16.5 Å². The Kier molecular flexibility index (Phi) is 5.42. The maximum absolute atomic E-state index is 12.3. The molecular formula is C15H19ClN2O2S. The summed E-state index contributed by atoms with van der Waals surface area (Å²) < 4.78 is 0. The van der Waals surface area contributed by atoms with Gasteiger partial charge in [-0.2, -0.15) is 0 Å². The van der Waals surface area contributed by atoms with Crippen molar-refractivity contribution in [1.29, 1.82) is 0 Å². The van der Waals surface area contributed by atoms with Crippen molar-refractivity contribution in [3.8, 4) is 5.75 Å². The highest BCUT2D eigenvalue weighted by atomic mass is 35.5. The highest BCUT2D eigenvalue weighted by molar-refractivity contribution is 7.80. The summed E-state index contributed by atoms with van der Waals surface area (Å²) in [5.74, 6) is -0.0283. The highest BCUT2D eigenvalue weighted by Crippen LogP contribution is 2.27. The number of phenolic OH excluding ortho intramolecular Hbond substituents is 1. The molecule has 1 amide bonds. The van der Waals surface area contributed by atoms with Gasteiger partial charge in [0.05, 0.1) is 16.1 Å². The Hall–Kier alpha value is -1.33. The number of benzene rings is 1. The molecule has 0 radical (unpaired) electrons. The molecule has 0 aliphatic heterocycles. The van der Waals surface area contributed by atoms with Crippen molar-refractivity contribution in [2.45, 2.75) is 38.1 Å². The zero-order valence-electron chi connectivity index (χ0n) is 11.6. The Labute approximate surface area is 134 Å². The molecule has 1 saturated carbocycles. The lowest BCUT2D eigenvalue weighted by molar-refractivity contribution is 0.0932. The summed E-state index contributed by atoms with van der Waals surface area (Å²) in [5.41, 5.74) is 6.18. The maximum atomic E-state index is 12.3. The molecule has 4 N–H and O–H groups in total. The molecule has 1 atom stereocenters. The predicted molar refractivity (Wildman–Crippen MR) is 87.7 cm³/mol. The van der Waals surface area contributed by atoms with Gasteiger partial charge in [0.25, 0.3) is 5.91 Å². The van der Waals surface area contributed by atoms with Crippen LogP contribution in [0.3, 0.4) is 0 Å². The number of phenols is 1. The number of carbonyl (C=O) groups is 1. The van der Waals surface area contributed by atoms with Crippen LogP contribution in [0, 0.1) is 5.92 Å². The number of aromatic hydroxyl groups is 1. The lowest BCUT2D eigenvalue weighted by Gasteiger charge is -2.30. The highest BCUT2D eigenvalue weighted by Gasteiger charge is 2.27. The van der Waals surface area contributed by atoms with Gasteiger partial charge in [0.15, 0.2) is 0 Å². The molecule has 1 aromatic rings. The van der Waals surface area contributed by atoms with Crippen LogP contribution in [-0.2, 0) is 0 Å². The van der Waals surface area contributed by atoms with Gasteiger partial charge in [-0.3, -0.25) is 4.79 Å². The lowest BCUT2D eigenvalue weighted by atomic mass is 9.83. The van der Waals surface area contributed by atoms with Crippen LogP contribution in [0.4, 0.5) is 0 Å². The van der Waals surface area contributed by atoms with Gasteiger partial charge in [-0.25, -0.2) is 0 Å². The number of nitrogens with one attached hydrogen (secondary N) is 1. The Morgan fingerprint density at radius 3 is 2.62 bits per heavy atom. The molecule has 1 fully saturated rings. The third-order valence-corrected chi connectivity index (χ3v) is 4.48. The maximum Gasteiger partial charge on any atom is 0.251 e. The number of hydrogen-bond donors (Lipinski definition) is 3. The van der Waals surface area contributed by atoms with Crippen LogP contribution in [0.15, 0.2) is 18.2 Å². The first kappa shape index (κ1) is 16.0. The van der Waals surface area contributed by atoms with Crippen LogP contribution in [0.25, 0.3) is 0 Å². The van der Waals surface area contributed by atoms with E-state index in [-0.39, 0.29) is 22.7 Å². The number of carbonyl (C=O) groups excluding carboxylic acids is 1. The van der Waals surface area contributed by atoms with Crippen LogP contribution in [0.2, 0.25) is 5.02 Å². The molecule has 4 nitrogen and oxygen atoms in total. The van der Waals surface area contributed by atoms with Crippen LogP contribution >= 0.6 is 23.8 Å². The second-order valence-electron chi connectivity index (χ2n) is 5.42. The molecule has 0 aromatic heterocycles. The minimum Gasteiger partial charge on any atom is -0.506 e. The summed E-state index contributed by atoms with van der Waals surface area (Å²) in [6, 6.07) is 4.06. The van der Waals surface area contributed by atoms with E-state index in [4.69, 9.17) is 29.6 Å². The summed E-state index contributed by atoms with van der Waals surface area (Å²) in [5, 5.41) is 12.4. The standard InChI is InChI=1S/C15H19ClN2O2S/c16-11-8-10(6-7-12(11)19)15(20)18-13(14(17)21)9-4-2-1-3-5-9/h6-9,13,19H,1-5H2,(H2,17,21)(H,18,20). The summed E-state index contributed by atoms with van der Waals surface area (Å²) >= 11 is 10.9. The van der Waals surface area contributed by atoms with Gasteiger partial charge in [0.2, 0.25) is 0 Å². The van der Waals surface area contributed by atoms with E-state index in [0.717, 1.165) is 25.7 Å². The zero-order chi connectivity index (χ0) is 15.4. The zero-order valence-corrected chi connectivity index (χ0v) is 13.2. The van der Waals surface area contributed by atoms with Crippen LogP contribution < -0.4 is 11.1 Å². The summed E-state index contributed by atoms with van der Waals surface area (Å²) in [4.78, 5) is 12.6. The molecule has 2 rings (SSSR count). The third-order valence-electron chi connectivity index (χ3n) is 3.92. The largest absolute Gasteiger partial charge is 0.506 e. The summed E-state index contributed by atoms with van der Waals surface area (Å²) in [6.07, 6.45) is 5.56. The molecule has 1 aliphatic rings. The van der Waals surface area contributed by atoms with E-state index in [1.54, 1.807) is 0 Å². The van der Waals surface area contributed by atoms with Crippen molar-refractivity contribution in [1.82, 2.24) is 5.32 Å². The lowest BCUT2D eigenvalue weighted by Crippen LogP contribution is -2.48. The monoisotopic (exact) mass is 326 g/mol. The van der Waals surface area contributed by atoms with Gasteiger partial charge in [-0.1, -0.05) is 43.1 Å². The summed E-state index contributed by atoms with van der Waals surface area (Å²) in [7, 11) is 0. The molecule has 1 aliphatic carbocycles. The van der Waals surface area contributed by atoms with Crippen molar-refractivity contribution in [2.24, 2.45) is 11.7 Å². The molecule has 21 heavy (non-hydrogen) atoms. The first-order chi connectivity index (χ1) is 9.99. The Morgan fingerprint density at radius 2 is 2.05 bits per heavy atom. The molecular weight excluding hydrogens is 308 g/mol. The Balaban J connectivity index is 2.10. The van der Waals surface area contributed by atoms with Gasteiger partial charge < -0.3 is 16.2 Å². The number of hydrogen-bond acceptors (Lipinski definition) is 3. The van der Waals surface area contributed by atoms with E-state index in [1.165, 1.54) is 24.6 Å². The molecule has 6 heteroatoms. The molecule has 1 aromatic carbocycles. The van der Waals surface area contributed by atoms with Gasteiger partial charge in [-0.05, 0) is 37.0 Å². The third kappa shape index (κ3) is 4.08. The smallest absolute Gasteiger partial charge is 0.251 e. The van der Waals surface area contributed by atoms with Crippen LogP contribution in [0.1, 0.15) is 42.5 Å². The number of rotatable bonds is 4. The fourth-order valence-corrected chi connectivity index (χ4v) is 3.19. The van der Waals surface area contributed by atoms with Crippen LogP contribution in [-0.4, -0.2) is 22.0 Å². The minimum atomic E-state index is -0.291. The quantitative estimate of drug-likeness (QED) is 0.743. The number of halogens is 1. The fraction of sp³-hybridized carbons (Fsp3) is 0.467. The van der Waals surface area contributed by atoms with E-state index in [1.807, 2.05) is 0 Å². The van der Waals surface area contributed by atoms with Crippen molar-refractivity contribution in [3.63, 3.8) is 0 Å². The number of thiocarbonyl (C=S) groups is 1. The fourth-order valence-electron chi connectivity index (χ4n) is 2.76. The molecule has 114 valence electrons. The normalized spacial score (nSPS) is 17.2. The van der Waals surface area contributed by atoms with E-state index in [2.05, 4.69) is 5.32 Å². The summed E-state index contributed by atoms with van der Waals surface area (Å²) in [6.45, 7) is 0. The average Bonchev–Trinajstić information content (AvgIpc) is 2.48. The first-order valence-electron chi connectivity index (χ1n) is 7.07. The van der Waals surface area contributed by atoms with E-state index < -0.39 is 0 Å². The van der Waals surface area contributed by atoms with Crippen molar-refractivity contribution < 1.29 is 9.90 Å². The second-order valence-corrected chi connectivity index (χ2v) is 6.30. The first-order valence-corrected chi connectivity index (χ1v) is 7.86. The average molecular weight is 327 g/mol. The minimum absolute atomic E-state index is 0.0496. The van der Waals surface area contributed by atoms with Crippen molar-refractivity contribution >= 4 is 34.7 Å². The van der Waals surface area contributed by atoms with Crippen molar-refractivity contribution in [3.05, 3.63) is 28.8 Å². The predicted octanol–water partition coefficient (Wildman–Crippen LogP) is 3.01.